The van der Waals surface area contributed by atoms with E-state index in [0.717, 1.165) is 21.4 Å². The Morgan fingerprint density at radius 2 is 1.88 bits per heavy atom. The van der Waals surface area contributed by atoms with Gasteiger partial charge in [-0.05, 0) is 38.1 Å². The van der Waals surface area contributed by atoms with Gasteiger partial charge in [0.25, 0.3) is 10.0 Å². The van der Waals surface area contributed by atoms with Crippen molar-refractivity contribution in [1.82, 2.24) is 14.2 Å². The fourth-order valence-corrected chi connectivity index (χ4v) is 3.37. The molecule has 0 saturated heterocycles. The summed E-state index contributed by atoms with van der Waals surface area (Å²) in [5.41, 5.74) is 3.17. The normalized spacial score (nSPS) is 11.8. The SMILES string of the molecule is CON(C)S(=O)(=O)c1ccc(NC(=O)Cc2c(C)nn(C)c2C)cc1. The van der Waals surface area contributed by atoms with Gasteiger partial charge in [-0.15, -0.1) is 0 Å². The zero-order chi connectivity index (χ0) is 18.8. The van der Waals surface area contributed by atoms with Gasteiger partial charge in [0.1, 0.15) is 0 Å². The Morgan fingerprint density at radius 3 is 2.36 bits per heavy atom. The first-order chi connectivity index (χ1) is 11.7. The number of benzene rings is 1. The molecule has 2 rings (SSSR count). The first-order valence-corrected chi connectivity index (χ1v) is 9.03. The molecule has 0 saturated carbocycles. The van der Waals surface area contributed by atoms with Crippen LogP contribution in [-0.4, -0.2) is 42.7 Å². The molecule has 0 aliphatic rings. The number of hydrogen-bond donors (Lipinski definition) is 1. The summed E-state index contributed by atoms with van der Waals surface area (Å²) in [7, 11) is 0.711. The van der Waals surface area contributed by atoms with Crippen LogP contribution in [0.3, 0.4) is 0 Å². The summed E-state index contributed by atoms with van der Waals surface area (Å²) in [6.07, 6.45) is 0.206. The summed E-state index contributed by atoms with van der Waals surface area (Å²) < 4.78 is 26.8. The summed E-state index contributed by atoms with van der Waals surface area (Å²) in [4.78, 5) is 17.0. The Labute approximate surface area is 147 Å². The number of rotatable bonds is 6. The lowest BCUT2D eigenvalue weighted by atomic mass is 10.1. The zero-order valence-electron chi connectivity index (χ0n) is 14.9. The Bertz CT molecular complexity index is 872. The van der Waals surface area contributed by atoms with E-state index in [2.05, 4.69) is 10.4 Å². The molecule has 9 heteroatoms. The minimum absolute atomic E-state index is 0.0776. The van der Waals surface area contributed by atoms with Crippen molar-refractivity contribution in [2.45, 2.75) is 25.2 Å². The molecule has 0 unspecified atom stereocenters. The number of hydrogen-bond acceptors (Lipinski definition) is 5. The standard InChI is InChI=1S/C16H22N4O4S/c1-11-15(12(2)19(3)18-11)10-16(21)17-13-6-8-14(9-7-13)25(22,23)20(4)24-5/h6-9H,10H2,1-5H3,(H,17,21). The molecule has 25 heavy (non-hydrogen) atoms. The minimum Gasteiger partial charge on any atom is -0.326 e. The molecular formula is C16H22N4O4S. The lowest BCUT2D eigenvalue weighted by Crippen LogP contribution is -2.25. The van der Waals surface area contributed by atoms with Gasteiger partial charge in [0.05, 0.1) is 24.1 Å². The number of carbonyl (C=O) groups is 1. The summed E-state index contributed by atoms with van der Waals surface area (Å²) in [6.45, 7) is 3.77. The van der Waals surface area contributed by atoms with E-state index in [1.807, 2.05) is 20.9 Å². The smallest absolute Gasteiger partial charge is 0.264 e. The Hall–Kier alpha value is -2.23. The molecule has 0 aliphatic heterocycles. The molecule has 0 fully saturated rings. The average molecular weight is 366 g/mol. The molecule has 1 aromatic heterocycles. The van der Waals surface area contributed by atoms with Crippen molar-refractivity contribution < 1.29 is 18.0 Å². The summed E-state index contributed by atoms with van der Waals surface area (Å²) in [5, 5.41) is 7.05. The number of carbonyl (C=O) groups excluding carboxylic acids is 1. The van der Waals surface area contributed by atoms with Gasteiger partial charge in [-0.25, -0.2) is 8.42 Å². The number of anilines is 1. The number of nitrogens with zero attached hydrogens (tertiary/aromatic N) is 3. The first kappa shape index (κ1) is 19.1. The number of aryl methyl sites for hydroxylation is 2. The fraction of sp³-hybridized carbons (Fsp3) is 0.375. The number of aromatic nitrogens is 2. The summed E-state index contributed by atoms with van der Waals surface area (Å²) >= 11 is 0. The van der Waals surface area contributed by atoms with Crippen LogP contribution >= 0.6 is 0 Å². The third kappa shape index (κ3) is 4.06. The lowest BCUT2D eigenvalue weighted by Gasteiger charge is -2.14. The van der Waals surface area contributed by atoms with E-state index in [9.17, 15) is 13.2 Å². The number of sulfonamides is 1. The maximum atomic E-state index is 12.2. The molecule has 1 heterocycles. The molecule has 1 amide bonds. The molecule has 0 atom stereocenters. The van der Waals surface area contributed by atoms with Crippen LogP contribution in [-0.2, 0) is 33.1 Å². The highest BCUT2D eigenvalue weighted by atomic mass is 32.2. The average Bonchev–Trinajstić information content (AvgIpc) is 2.80. The van der Waals surface area contributed by atoms with E-state index in [4.69, 9.17) is 4.84 Å². The van der Waals surface area contributed by atoms with Gasteiger partial charge in [-0.1, -0.05) is 4.47 Å². The second-order valence-corrected chi connectivity index (χ2v) is 7.56. The second kappa shape index (κ2) is 7.34. The van der Waals surface area contributed by atoms with Crippen molar-refractivity contribution >= 4 is 21.6 Å². The van der Waals surface area contributed by atoms with Crippen LogP contribution in [0.1, 0.15) is 17.0 Å². The zero-order valence-corrected chi connectivity index (χ0v) is 15.7. The third-order valence-corrected chi connectivity index (χ3v) is 5.72. The summed E-state index contributed by atoms with van der Waals surface area (Å²) in [6, 6.07) is 5.91. The Balaban J connectivity index is 2.10. The fourth-order valence-electron chi connectivity index (χ4n) is 2.40. The molecular weight excluding hydrogens is 344 g/mol. The second-order valence-electron chi connectivity index (χ2n) is 5.62. The van der Waals surface area contributed by atoms with E-state index >= 15 is 0 Å². The van der Waals surface area contributed by atoms with Gasteiger partial charge in [-0.3, -0.25) is 14.3 Å². The summed E-state index contributed by atoms with van der Waals surface area (Å²) in [5.74, 6) is -0.191. The van der Waals surface area contributed by atoms with Crippen molar-refractivity contribution in [3.8, 4) is 0 Å². The number of amides is 1. The Morgan fingerprint density at radius 1 is 1.28 bits per heavy atom. The van der Waals surface area contributed by atoms with Gasteiger partial charge >= 0.3 is 0 Å². The molecule has 0 radical (unpaired) electrons. The highest BCUT2D eigenvalue weighted by Gasteiger charge is 2.20. The quantitative estimate of drug-likeness (QED) is 0.780. The monoisotopic (exact) mass is 366 g/mol. The predicted octanol–water partition coefficient (Wildman–Crippen LogP) is 1.40. The lowest BCUT2D eigenvalue weighted by molar-refractivity contribution is -0.115. The number of nitrogens with one attached hydrogen (secondary N) is 1. The first-order valence-electron chi connectivity index (χ1n) is 7.59. The minimum atomic E-state index is -3.70. The molecule has 0 spiro atoms. The largest absolute Gasteiger partial charge is 0.326 e. The van der Waals surface area contributed by atoms with Gasteiger partial charge < -0.3 is 5.32 Å². The van der Waals surface area contributed by atoms with Crippen molar-refractivity contribution in [2.75, 3.05) is 19.5 Å². The van der Waals surface area contributed by atoms with E-state index in [1.165, 1.54) is 38.4 Å². The van der Waals surface area contributed by atoms with Crippen LogP contribution in [0.15, 0.2) is 29.2 Å². The van der Waals surface area contributed by atoms with Gasteiger partial charge in [0, 0.05) is 31.0 Å². The van der Waals surface area contributed by atoms with Crippen molar-refractivity contribution in [2.24, 2.45) is 7.05 Å². The molecule has 0 aliphatic carbocycles. The van der Waals surface area contributed by atoms with Crippen LogP contribution in [0, 0.1) is 13.8 Å². The molecule has 1 N–H and O–H groups in total. The molecule has 0 bridgehead atoms. The van der Waals surface area contributed by atoms with Gasteiger partial charge in [0.15, 0.2) is 0 Å². The molecule has 2 aromatic rings. The van der Waals surface area contributed by atoms with Crippen LogP contribution in [0.2, 0.25) is 0 Å². The van der Waals surface area contributed by atoms with Crippen molar-refractivity contribution in [3.63, 3.8) is 0 Å². The van der Waals surface area contributed by atoms with Crippen LogP contribution in [0.25, 0.3) is 0 Å². The van der Waals surface area contributed by atoms with Crippen molar-refractivity contribution in [3.05, 3.63) is 41.2 Å². The topological polar surface area (TPSA) is 93.5 Å². The maximum absolute atomic E-state index is 12.2. The number of hydroxylamine groups is 1. The highest BCUT2D eigenvalue weighted by molar-refractivity contribution is 7.89. The van der Waals surface area contributed by atoms with E-state index in [-0.39, 0.29) is 17.2 Å². The highest BCUT2D eigenvalue weighted by Crippen LogP contribution is 2.18. The predicted molar refractivity (Wildman–Crippen MR) is 93.4 cm³/mol. The van der Waals surface area contributed by atoms with Gasteiger partial charge in [-0.2, -0.15) is 5.10 Å². The molecule has 8 nitrogen and oxygen atoms in total. The van der Waals surface area contributed by atoms with E-state index < -0.39 is 10.0 Å². The third-order valence-electron chi connectivity index (χ3n) is 4.03. The van der Waals surface area contributed by atoms with E-state index in [1.54, 1.807) is 4.68 Å². The van der Waals surface area contributed by atoms with E-state index in [0.29, 0.717) is 5.69 Å². The maximum Gasteiger partial charge on any atom is 0.264 e. The Kier molecular flexibility index (Phi) is 5.61. The van der Waals surface area contributed by atoms with Crippen LogP contribution < -0.4 is 5.32 Å². The molecule has 136 valence electrons. The van der Waals surface area contributed by atoms with Gasteiger partial charge in [0.2, 0.25) is 5.91 Å². The van der Waals surface area contributed by atoms with Crippen LogP contribution in [0.4, 0.5) is 5.69 Å². The van der Waals surface area contributed by atoms with Crippen LogP contribution in [0.5, 0.6) is 0 Å². The van der Waals surface area contributed by atoms with Crippen molar-refractivity contribution in [1.29, 1.82) is 0 Å². The molecule has 1 aromatic carbocycles.